The highest BCUT2D eigenvalue weighted by atomic mass is 79.9. The van der Waals surface area contributed by atoms with Crippen molar-refractivity contribution in [2.45, 2.75) is 51.9 Å². The first-order valence-corrected chi connectivity index (χ1v) is 8.32. The zero-order valence-corrected chi connectivity index (χ0v) is 14.9. The molecule has 1 fully saturated rings. The molecule has 1 aromatic heterocycles. The first-order valence-electron chi connectivity index (χ1n) is 7.53. The van der Waals surface area contributed by atoms with Crippen molar-refractivity contribution in [2.24, 2.45) is 0 Å². The standard InChI is InChI=1S/C16H23BrN2O3/c1-16(2,3)22-15(20)19-8-4-5-13(19)11-21-10-12-6-7-14(17)18-9-12/h6-7,9,13H,4-5,8,10-11H2,1-3H3/t13-/m0/s1. The average Bonchev–Trinajstić information content (AvgIpc) is 2.88. The van der Waals surface area contributed by atoms with Crippen LogP contribution in [0.15, 0.2) is 22.9 Å². The van der Waals surface area contributed by atoms with Gasteiger partial charge in [-0.3, -0.25) is 0 Å². The van der Waals surface area contributed by atoms with Gasteiger partial charge < -0.3 is 14.4 Å². The molecule has 0 aromatic carbocycles. The number of likely N-dealkylation sites (tertiary alicyclic amines) is 1. The van der Waals surface area contributed by atoms with E-state index in [-0.39, 0.29) is 12.1 Å². The highest BCUT2D eigenvalue weighted by molar-refractivity contribution is 9.10. The van der Waals surface area contributed by atoms with Crippen molar-refractivity contribution in [1.29, 1.82) is 0 Å². The second kappa shape index (κ2) is 7.42. The number of nitrogens with zero attached hydrogens (tertiary/aromatic N) is 2. The highest BCUT2D eigenvalue weighted by Gasteiger charge is 2.32. The molecule has 1 amide bonds. The van der Waals surface area contributed by atoms with E-state index in [1.807, 2.05) is 32.9 Å². The van der Waals surface area contributed by atoms with Gasteiger partial charge in [0.15, 0.2) is 0 Å². The normalized spacial score (nSPS) is 18.5. The van der Waals surface area contributed by atoms with E-state index >= 15 is 0 Å². The minimum atomic E-state index is -0.464. The van der Waals surface area contributed by atoms with Crippen LogP contribution in [0.3, 0.4) is 0 Å². The number of halogens is 1. The number of hydrogen-bond acceptors (Lipinski definition) is 4. The van der Waals surface area contributed by atoms with Crippen LogP contribution in [-0.2, 0) is 16.1 Å². The molecule has 5 nitrogen and oxygen atoms in total. The van der Waals surface area contributed by atoms with Crippen LogP contribution < -0.4 is 0 Å². The molecular weight excluding hydrogens is 348 g/mol. The van der Waals surface area contributed by atoms with Crippen LogP contribution in [0.2, 0.25) is 0 Å². The fraction of sp³-hybridized carbons (Fsp3) is 0.625. The summed E-state index contributed by atoms with van der Waals surface area (Å²) in [5.41, 5.74) is 0.554. The van der Waals surface area contributed by atoms with Crippen LogP contribution in [0.25, 0.3) is 0 Å². The van der Waals surface area contributed by atoms with E-state index in [4.69, 9.17) is 9.47 Å². The lowest BCUT2D eigenvalue weighted by atomic mass is 10.2. The van der Waals surface area contributed by atoms with Gasteiger partial charge in [0.1, 0.15) is 10.2 Å². The van der Waals surface area contributed by atoms with Crippen molar-refractivity contribution in [3.63, 3.8) is 0 Å². The van der Waals surface area contributed by atoms with Gasteiger partial charge in [-0.2, -0.15) is 0 Å². The van der Waals surface area contributed by atoms with Crippen LogP contribution in [0.4, 0.5) is 4.79 Å². The number of amides is 1. The molecule has 1 aromatic rings. The first-order chi connectivity index (χ1) is 10.3. The number of aromatic nitrogens is 1. The van der Waals surface area contributed by atoms with E-state index in [0.29, 0.717) is 13.2 Å². The second-order valence-corrected chi connectivity index (χ2v) is 7.29. The Hall–Kier alpha value is -1.14. The molecule has 1 atom stereocenters. The Labute approximate surface area is 140 Å². The molecule has 22 heavy (non-hydrogen) atoms. The number of carbonyl (C=O) groups excluding carboxylic acids is 1. The Morgan fingerprint density at radius 1 is 1.45 bits per heavy atom. The van der Waals surface area contributed by atoms with Gasteiger partial charge in [-0.1, -0.05) is 6.07 Å². The quantitative estimate of drug-likeness (QED) is 0.757. The summed E-state index contributed by atoms with van der Waals surface area (Å²) in [6.07, 6.45) is 3.49. The van der Waals surface area contributed by atoms with Crippen LogP contribution >= 0.6 is 15.9 Å². The fourth-order valence-corrected chi connectivity index (χ4v) is 2.61. The lowest BCUT2D eigenvalue weighted by Crippen LogP contribution is -2.41. The van der Waals surface area contributed by atoms with Gasteiger partial charge in [0.2, 0.25) is 0 Å². The molecule has 0 aliphatic carbocycles. The van der Waals surface area contributed by atoms with Gasteiger partial charge in [0.05, 0.1) is 19.3 Å². The molecule has 1 aliphatic heterocycles. The largest absolute Gasteiger partial charge is 0.444 e. The van der Waals surface area contributed by atoms with E-state index < -0.39 is 5.60 Å². The van der Waals surface area contributed by atoms with Crippen molar-refractivity contribution >= 4 is 22.0 Å². The van der Waals surface area contributed by atoms with Crippen molar-refractivity contribution in [3.8, 4) is 0 Å². The van der Waals surface area contributed by atoms with Gasteiger partial charge in [-0.05, 0) is 61.2 Å². The molecule has 1 aliphatic rings. The molecule has 122 valence electrons. The van der Waals surface area contributed by atoms with E-state index in [9.17, 15) is 4.79 Å². The predicted octanol–water partition coefficient (Wildman–Crippen LogP) is 3.76. The van der Waals surface area contributed by atoms with Gasteiger partial charge >= 0.3 is 6.09 Å². The summed E-state index contributed by atoms with van der Waals surface area (Å²) in [5, 5.41) is 0. The van der Waals surface area contributed by atoms with Crippen LogP contribution in [0.1, 0.15) is 39.2 Å². The zero-order valence-electron chi connectivity index (χ0n) is 13.3. The lowest BCUT2D eigenvalue weighted by molar-refractivity contribution is 0.00881. The van der Waals surface area contributed by atoms with Gasteiger partial charge in [-0.25, -0.2) is 9.78 Å². The molecule has 0 spiro atoms. The smallest absolute Gasteiger partial charge is 0.410 e. The Morgan fingerprint density at radius 3 is 2.86 bits per heavy atom. The highest BCUT2D eigenvalue weighted by Crippen LogP contribution is 2.21. The van der Waals surface area contributed by atoms with Crippen LogP contribution in [0.5, 0.6) is 0 Å². The molecular formula is C16H23BrN2O3. The Morgan fingerprint density at radius 2 is 2.23 bits per heavy atom. The third-order valence-electron chi connectivity index (χ3n) is 3.37. The number of pyridine rings is 1. The molecule has 0 bridgehead atoms. The third-order valence-corrected chi connectivity index (χ3v) is 3.84. The van der Waals surface area contributed by atoms with Gasteiger partial charge in [0.25, 0.3) is 0 Å². The van der Waals surface area contributed by atoms with Crippen molar-refractivity contribution < 1.29 is 14.3 Å². The average molecular weight is 371 g/mol. The summed E-state index contributed by atoms with van der Waals surface area (Å²) in [6.45, 7) is 7.41. The van der Waals surface area contributed by atoms with Crippen LogP contribution in [0, 0.1) is 0 Å². The van der Waals surface area contributed by atoms with Gasteiger partial charge in [0, 0.05) is 12.7 Å². The first kappa shape index (κ1) is 17.2. The Bertz CT molecular complexity index is 499. The second-order valence-electron chi connectivity index (χ2n) is 6.47. The molecule has 6 heteroatoms. The number of ether oxygens (including phenoxy) is 2. The Kier molecular flexibility index (Phi) is 5.81. The maximum absolute atomic E-state index is 12.2. The SMILES string of the molecule is CC(C)(C)OC(=O)N1CCC[C@H]1COCc1ccc(Br)nc1. The fourth-order valence-electron chi connectivity index (χ4n) is 2.37. The molecule has 2 rings (SSSR count). The maximum Gasteiger partial charge on any atom is 0.410 e. The summed E-state index contributed by atoms with van der Waals surface area (Å²) in [6, 6.07) is 3.96. The van der Waals surface area contributed by atoms with Crippen molar-refractivity contribution in [3.05, 3.63) is 28.5 Å². The van der Waals surface area contributed by atoms with Gasteiger partial charge in [-0.15, -0.1) is 0 Å². The molecule has 0 unspecified atom stereocenters. The predicted molar refractivity (Wildman–Crippen MR) is 87.6 cm³/mol. The topological polar surface area (TPSA) is 51.7 Å². The Balaban J connectivity index is 1.81. The zero-order chi connectivity index (χ0) is 16.2. The monoisotopic (exact) mass is 370 g/mol. The van der Waals surface area contributed by atoms with E-state index in [0.717, 1.165) is 29.6 Å². The number of carbonyl (C=O) groups is 1. The molecule has 1 saturated heterocycles. The summed E-state index contributed by atoms with van der Waals surface area (Å²) in [7, 11) is 0. The van der Waals surface area contributed by atoms with Crippen LogP contribution in [-0.4, -0.2) is 40.8 Å². The molecule has 0 radical (unpaired) electrons. The summed E-state index contributed by atoms with van der Waals surface area (Å²) < 4.78 is 12.0. The molecule has 0 N–H and O–H groups in total. The third kappa shape index (κ3) is 5.25. The summed E-state index contributed by atoms with van der Waals surface area (Å²) >= 11 is 3.31. The van der Waals surface area contributed by atoms with Crippen molar-refractivity contribution in [1.82, 2.24) is 9.88 Å². The summed E-state index contributed by atoms with van der Waals surface area (Å²) in [4.78, 5) is 18.1. The van der Waals surface area contributed by atoms with E-state index in [1.54, 1.807) is 11.1 Å². The summed E-state index contributed by atoms with van der Waals surface area (Å²) in [5.74, 6) is 0. The van der Waals surface area contributed by atoms with E-state index in [2.05, 4.69) is 20.9 Å². The number of hydrogen-bond donors (Lipinski definition) is 0. The molecule has 0 saturated carbocycles. The molecule has 2 heterocycles. The van der Waals surface area contributed by atoms with Crippen molar-refractivity contribution in [2.75, 3.05) is 13.2 Å². The minimum absolute atomic E-state index is 0.0956. The minimum Gasteiger partial charge on any atom is -0.444 e. The maximum atomic E-state index is 12.2. The lowest BCUT2D eigenvalue weighted by Gasteiger charge is -2.28. The van der Waals surface area contributed by atoms with E-state index in [1.165, 1.54) is 0 Å². The number of rotatable bonds is 4.